The minimum atomic E-state index is -1.84. The Balaban J connectivity index is 0.000000159. The van der Waals surface area contributed by atoms with Crippen molar-refractivity contribution in [1.82, 2.24) is 0 Å². The fourth-order valence-electron chi connectivity index (χ4n) is 2.41. The van der Waals surface area contributed by atoms with Gasteiger partial charge in [-0.15, -0.1) is 39.7 Å². The molecule has 1 aliphatic carbocycles. The summed E-state index contributed by atoms with van der Waals surface area (Å²) < 4.78 is 1.24. The Morgan fingerprint density at radius 2 is 1.46 bits per heavy atom. The van der Waals surface area contributed by atoms with Crippen LogP contribution in [0.1, 0.15) is 33.1 Å². The number of halogens is 2. The summed E-state index contributed by atoms with van der Waals surface area (Å²) >= 11 is -1.84. The van der Waals surface area contributed by atoms with E-state index in [0.717, 1.165) is 0 Å². The average Bonchev–Trinajstić information content (AvgIpc) is 3.26. The van der Waals surface area contributed by atoms with Crippen LogP contribution in [0.4, 0.5) is 0 Å². The fraction of sp³-hybridized carbons (Fsp3) is 0.238. The normalized spacial score (nSPS) is 12.3. The zero-order valence-corrected chi connectivity index (χ0v) is 18.1. The van der Waals surface area contributed by atoms with Gasteiger partial charge in [0.25, 0.3) is 0 Å². The molecule has 3 aromatic rings. The maximum atomic E-state index is 5.54. The van der Waals surface area contributed by atoms with Crippen molar-refractivity contribution in [3.8, 4) is 0 Å². The van der Waals surface area contributed by atoms with Gasteiger partial charge >= 0.3 is 53.0 Å². The number of benzene rings is 2. The van der Waals surface area contributed by atoms with Gasteiger partial charge in [-0.3, -0.25) is 6.08 Å². The van der Waals surface area contributed by atoms with Crippen LogP contribution < -0.4 is 0 Å². The minimum Gasteiger partial charge on any atom is -0.501 e. The van der Waals surface area contributed by atoms with Crippen molar-refractivity contribution in [2.75, 3.05) is 0 Å². The molecule has 24 heavy (non-hydrogen) atoms. The van der Waals surface area contributed by atoms with E-state index in [0.29, 0.717) is 0 Å². The van der Waals surface area contributed by atoms with Crippen molar-refractivity contribution in [3.63, 3.8) is 0 Å². The molecule has 0 radical (unpaired) electrons. The molecule has 0 nitrogen and oxygen atoms in total. The van der Waals surface area contributed by atoms with E-state index in [1.165, 1.54) is 44.0 Å². The first-order chi connectivity index (χ1) is 11.6. The molecule has 0 amide bonds. The molecule has 3 heteroatoms. The number of hydrogen-bond acceptors (Lipinski definition) is 0. The van der Waals surface area contributed by atoms with Crippen molar-refractivity contribution < 1.29 is 18.9 Å². The maximum Gasteiger partial charge on any atom is -0.0694 e. The third-order valence-corrected chi connectivity index (χ3v) is 10.0. The molecule has 0 aromatic heterocycles. The van der Waals surface area contributed by atoms with Crippen LogP contribution in [0.5, 0.6) is 0 Å². The summed E-state index contributed by atoms with van der Waals surface area (Å²) in [5, 5.41) is 5.39. The molecule has 0 saturated carbocycles. The standard InChI is InChI=1S/C13H9.C5H7.C3H6.2ClH.Zr/c1-3-7-12-10(5-1)9-11-6-2-4-8-13(11)12;1-2-4-5-3-1;1-3-2;;;/h1-9H;1H,2,4-5H2;1-2H3;2*1H;/q2*-1;;;;+2/p-2. The summed E-state index contributed by atoms with van der Waals surface area (Å²) in [6.45, 7) is 3.96. The van der Waals surface area contributed by atoms with Gasteiger partial charge in [0.15, 0.2) is 0 Å². The molecule has 0 bridgehead atoms. The summed E-state index contributed by atoms with van der Waals surface area (Å²) in [6, 6.07) is 19.3. The van der Waals surface area contributed by atoms with Gasteiger partial charge in [0.2, 0.25) is 0 Å². The van der Waals surface area contributed by atoms with E-state index in [9.17, 15) is 0 Å². The van der Waals surface area contributed by atoms with E-state index in [-0.39, 0.29) is 0 Å². The maximum absolute atomic E-state index is 5.54. The molecule has 1 aliphatic rings. The first-order valence-electron chi connectivity index (χ1n) is 8.16. The van der Waals surface area contributed by atoms with E-state index < -0.39 is 18.9 Å². The Morgan fingerprint density at radius 3 is 1.79 bits per heavy atom. The van der Waals surface area contributed by atoms with Gasteiger partial charge in [-0.05, 0) is 0 Å². The number of hydrogen-bond donors (Lipinski definition) is 0. The van der Waals surface area contributed by atoms with E-state index in [1.807, 2.05) is 13.8 Å². The summed E-state index contributed by atoms with van der Waals surface area (Å²) in [5.74, 6) is 0. The molecule has 0 unspecified atom stereocenters. The van der Waals surface area contributed by atoms with Crippen LogP contribution in [0.15, 0.2) is 60.7 Å². The van der Waals surface area contributed by atoms with Crippen LogP contribution >= 0.6 is 17.0 Å². The van der Waals surface area contributed by atoms with E-state index in [1.54, 1.807) is 0 Å². The van der Waals surface area contributed by atoms with Crippen molar-refractivity contribution in [2.45, 2.75) is 33.1 Å². The quantitative estimate of drug-likeness (QED) is 0.323. The van der Waals surface area contributed by atoms with Crippen molar-refractivity contribution in [3.05, 3.63) is 66.7 Å². The molecule has 0 fully saturated rings. The largest absolute Gasteiger partial charge is 0.501 e. The van der Waals surface area contributed by atoms with Gasteiger partial charge in [0.05, 0.1) is 0 Å². The summed E-state index contributed by atoms with van der Waals surface area (Å²) in [7, 11) is 11.1. The van der Waals surface area contributed by atoms with Crippen molar-refractivity contribution in [1.29, 1.82) is 0 Å². The summed E-state index contributed by atoms with van der Waals surface area (Å²) in [5.41, 5.74) is 0. The van der Waals surface area contributed by atoms with Crippen molar-refractivity contribution in [2.24, 2.45) is 0 Å². The zero-order valence-electron chi connectivity index (χ0n) is 14.2. The first kappa shape index (κ1) is 19.7. The molecular weight excluding hydrogens is 414 g/mol. The SMILES string of the molecule is C[C](C)=[Zr]([Cl])[Cl].[C-]1=CCCC1.c1ccc2c(c1)[cH-]c1ccccc12. The van der Waals surface area contributed by atoms with Gasteiger partial charge in [-0.1, -0.05) is 49.2 Å². The third-order valence-electron chi connectivity index (χ3n) is 3.71. The Kier molecular flexibility index (Phi) is 8.53. The van der Waals surface area contributed by atoms with Crippen LogP contribution in [0.2, 0.25) is 0 Å². The molecule has 3 aromatic carbocycles. The second kappa shape index (κ2) is 10.4. The fourth-order valence-corrected chi connectivity index (χ4v) is 2.41. The molecule has 0 heterocycles. The molecule has 0 atom stereocenters. The van der Waals surface area contributed by atoms with Gasteiger partial charge in [-0.25, -0.2) is 0 Å². The molecule has 4 rings (SSSR count). The molecule has 0 aliphatic heterocycles. The minimum absolute atomic E-state index is 1.19. The van der Waals surface area contributed by atoms with Crippen LogP contribution in [-0.4, -0.2) is 3.21 Å². The molecule has 0 N–H and O–H groups in total. The van der Waals surface area contributed by atoms with E-state index in [2.05, 4.69) is 66.7 Å². The first-order valence-corrected chi connectivity index (χ1v) is 15.7. The van der Waals surface area contributed by atoms with Gasteiger partial charge in [-0.2, -0.15) is 6.42 Å². The van der Waals surface area contributed by atoms with Crippen molar-refractivity contribution >= 4 is 41.8 Å². The average molecular weight is 437 g/mol. The summed E-state index contributed by atoms with van der Waals surface area (Å²) in [4.78, 5) is 0. The van der Waals surface area contributed by atoms with Gasteiger partial charge in [0.1, 0.15) is 0 Å². The molecular formula is C21H22Cl2Zr-2. The second-order valence-corrected chi connectivity index (χ2v) is 15.2. The second-order valence-electron chi connectivity index (χ2n) is 5.88. The Hall–Kier alpha value is -0.617. The monoisotopic (exact) mass is 434 g/mol. The number of rotatable bonds is 0. The van der Waals surface area contributed by atoms with Crippen LogP contribution in [0.3, 0.4) is 0 Å². The number of fused-ring (bicyclic) bond motifs is 3. The van der Waals surface area contributed by atoms with E-state index in [4.69, 9.17) is 17.0 Å². The van der Waals surface area contributed by atoms with Gasteiger partial charge in [0, 0.05) is 0 Å². The predicted molar refractivity (Wildman–Crippen MR) is 107 cm³/mol. The third kappa shape index (κ3) is 6.03. The summed E-state index contributed by atoms with van der Waals surface area (Å²) in [6.07, 6.45) is 9.00. The van der Waals surface area contributed by atoms with Crippen LogP contribution in [0.25, 0.3) is 21.5 Å². The number of allylic oxidation sites excluding steroid dienone is 2. The molecule has 126 valence electrons. The molecule has 0 spiro atoms. The van der Waals surface area contributed by atoms with Crippen LogP contribution in [0, 0.1) is 6.08 Å². The molecule has 0 saturated heterocycles. The van der Waals surface area contributed by atoms with E-state index >= 15 is 0 Å². The Morgan fingerprint density at radius 1 is 0.958 bits per heavy atom. The van der Waals surface area contributed by atoms with Crippen LogP contribution in [-0.2, 0) is 18.9 Å². The topological polar surface area (TPSA) is 0 Å². The zero-order chi connectivity index (χ0) is 17.4. The van der Waals surface area contributed by atoms with Gasteiger partial charge < -0.3 is 6.08 Å². The Bertz CT molecular complexity index is 769. The predicted octanol–water partition coefficient (Wildman–Crippen LogP) is 7.37. The smallest absolute Gasteiger partial charge is 0.0694 e. The Labute approximate surface area is 159 Å².